The van der Waals surface area contributed by atoms with Gasteiger partial charge in [0.05, 0.1) is 6.61 Å². The minimum absolute atomic E-state index is 0.126. The highest BCUT2D eigenvalue weighted by Crippen LogP contribution is 2.22. The van der Waals surface area contributed by atoms with E-state index in [1.165, 1.54) is 0 Å². The average Bonchev–Trinajstić information content (AvgIpc) is 2.58. The van der Waals surface area contributed by atoms with E-state index in [4.69, 9.17) is 14.6 Å². The fourth-order valence-electron chi connectivity index (χ4n) is 1.54. The van der Waals surface area contributed by atoms with Crippen LogP contribution < -0.4 is 0 Å². The van der Waals surface area contributed by atoms with E-state index in [1.54, 1.807) is 6.21 Å². The van der Waals surface area contributed by atoms with E-state index in [1.807, 2.05) is 0 Å². The molecule has 7 heteroatoms. The summed E-state index contributed by atoms with van der Waals surface area (Å²) in [6.45, 7) is 0.196. The van der Waals surface area contributed by atoms with Gasteiger partial charge >= 0.3 is 6.02 Å². The lowest BCUT2D eigenvalue weighted by Crippen LogP contribution is -2.35. The van der Waals surface area contributed by atoms with Gasteiger partial charge in [0.2, 0.25) is 6.29 Å². The van der Waals surface area contributed by atoms with Crippen molar-refractivity contribution in [3.63, 3.8) is 0 Å². The molecule has 1 unspecified atom stereocenters. The van der Waals surface area contributed by atoms with Gasteiger partial charge < -0.3 is 24.8 Å². The number of aliphatic imine (C=N–C) groups is 2. The number of aliphatic hydroxyl groups excluding tert-OH is 3. The number of ether oxygens (including phenoxy) is 2. The zero-order valence-electron chi connectivity index (χ0n) is 8.56. The Hall–Kier alpha value is -1.02. The SMILES string of the molecule is OC[C@H]1OC(OC2=NCCC=N2)[C@H](O)[C@@H]1O. The molecule has 1 fully saturated rings. The van der Waals surface area contributed by atoms with E-state index in [2.05, 4.69) is 9.98 Å². The summed E-state index contributed by atoms with van der Waals surface area (Å²) in [6, 6.07) is 0.126. The molecule has 0 saturated carbocycles. The first-order valence-electron chi connectivity index (χ1n) is 5.08. The molecule has 0 aromatic heterocycles. The van der Waals surface area contributed by atoms with Gasteiger partial charge in [0.25, 0.3) is 0 Å². The van der Waals surface area contributed by atoms with Gasteiger partial charge in [-0.1, -0.05) is 0 Å². The molecule has 0 aromatic carbocycles. The molecule has 7 nitrogen and oxygen atoms in total. The number of aliphatic hydroxyl groups is 3. The Bertz CT molecular complexity index is 306. The van der Waals surface area contributed by atoms with Gasteiger partial charge in [-0.15, -0.1) is 0 Å². The predicted molar refractivity (Wildman–Crippen MR) is 54.3 cm³/mol. The summed E-state index contributed by atoms with van der Waals surface area (Å²) in [4.78, 5) is 7.84. The number of hydrogen-bond acceptors (Lipinski definition) is 7. The second kappa shape index (κ2) is 4.88. The molecule has 0 amide bonds. The summed E-state index contributed by atoms with van der Waals surface area (Å²) in [5, 5.41) is 27.9. The van der Waals surface area contributed by atoms with Crippen molar-refractivity contribution in [2.24, 2.45) is 9.98 Å². The quantitative estimate of drug-likeness (QED) is 0.523. The van der Waals surface area contributed by atoms with Gasteiger partial charge in [0, 0.05) is 19.2 Å². The molecule has 1 saturated heterocycles. The molecular weight excluding hydrogens is 216 g/mol. The maximum Gasteiger partial charge on any atom is 0.313 e. The highest BCUT2D eigenvalue weighted by molar-refractivity contribution is 5.85. The van der Waals surface area contributed by atoms with Crippen molar-refractivity contribution < 1.29 is 24.8 Å². The Balaban J connectivity index is 1.95. The van der Waals surface area contributed by atoms with Crippen LogP contribution in [0.25, 0.3) is 0 Å². The third-order valence-corrected chi connectivity index (χ3v) is 2.43. The van der Waals surface area contributed by atoms with E-state index < -0.39 is 24.6 Å². The van der Waals surface area contributed by atoms with Crippen LogP contribution in [0.5, 0.6) is 0 Å². The summed E-state index contributed by atoms with van der Waals surface area (Å²) in [6.07, 6.45) is -1.85. The van der Waals surface area contributed by atoms with E-state index >= 15 is 0 Å². The minimum atomic E-state index is -1.21. The lowest BCUT2D eigenvalue weighted by Gasteiger charge is -2.16. The van der Waals surface area contributed by atoms with Crippen molar-refractivity contribution in [1.82, 2.24) is 0 Å². The predicted octanol–water partition coefficient (Wildman–Crippen LogP) is -1.73. The van der Waals surface area contributed by atoms with Crippen molar-refractivity contribution in [2.75, 3.05) is 13.2 Å². The first-order chi connectivity index (χ1) is 7.72. The summed E-state index contributed by atoms with van der Waals surface area (Å²) >= 11 is 0. The largest absolute Gasteiger partial charge is 0.431 e. The fourth-order valence-corrected chi connectivity index (χ4v) is 1.54. The van der Waals surface area contributed by atoms with E-state index in [9.17, 15) is 10.2 Å². The van der Waals surface area contributed by atoms with Crippen LogP contribution in [0.15, 0.2) is 9.98 Å². The molecule has 2 aliphatic rings. The Kier molecular flexibility index (Phi) is 3.49. The number of hydrogen-bond donors (Lipinski definition) is 3. The molecule has 0 spiro atoms. The van der Waals surface area contributed by atoms with Gasteiger partial charge in [-0.25, -0.2) is 9.98 Å². The number of rotatable bonds is 2. The van der Waals surface area contributed by atoms with Crippen LogP contribution >= 0.6 is 0 Å². The molecule has 16 heavy (non-hydrogen) atoms. The maximum atomic E-state index is 9.57. The highest BCUT2D eigenvalue weighted by atomic mass is 16.7. The lowest BCUT2D eigenvalue weighted by molar-refractivity contribution is -0.124. The second-order valence-electron chi connectivity index (χ2n) is 3.59. The van der Waals surface area contributed by atoms with E-state index in [0.29, 0.717) is 6.54 Å². The Morgan fingerprint density at radius 2 is 2.25 bits per heavy atom. The molecule has 2 rings (SSSR count). The number of nitrogens with zero attached hydrogens (tertiary/aromatic N) is 2. The van der Waals surface area contributed by atoms with Crippen LogP contribution in [0.3, 0.4) is 0 Å². The van der Waals surface area contributed by atoms with Gasteiger partial charge in [-0.05, 0) is 0 Å². The number of amidine groups is 1. The van der Waals surface area contributed by atoms with Crippen molar-refractivity contribution in [3.8, 4) is 0 Å². The van der Waals surface area contributed by atoms with Crippen LogP contribution in [0.1, 0.15) is 6.42 Å². The van der Waals surface area contributed by atoms with Gasteiger partial charge in [-0.2, -0.15) is 0 Å². The first kappa shape index (κ1) is 11.5. The summed E-state index contributed by atoms with van der Waals surface area (Å²) in [7, 11) is 0. The van der Waals surface area contributed by atoms with Crippen molar-refractivity contribution >= 4 is 12.2 Å². The molecule has 4 atom stereocenters. The summed E-state index contributed by atoms with van der Waals surface area (Å²) < 4.78 is 10.3. The zero-order chi connectivity index (χ0) is 11.5. The molecule has 90 valence electrons. The fraction of sp³-hybridized carbons (Fsp3) is 0.778. The first-order valence-corrected chi connectivity index (χ1v) is 5.08. The topological polar surface area (TPSA) is 104 Å². The van der Waals surface area contributed by atoms with Crippen LogP contribution in [0, 0.1) is 0 Å². The van der Waals surface area contributed by atoms with E-state index in [-0.39, 0.29) is 12.6 Å². The van der Waals surface area contributed by atoms with Crippen molar-refractivity contribution in [3.05, 3.63) is 0 Å². The van der Waals surface area contributed by atoms with Gasteiger partial charge in [-0.3, -0.25) is 0 Å². The van der Waals surface area contributed by atoms with E-state index in [0.717, 1.165) is 6.42 Å². The second-order valence-corrected chi connectivity index (χ2v) is 3.59. The standard InChI is InChI=1S/C9H14N2O5/c12-4-5-6(13)7(14)8(15-5)16-9-10-2-1-3-11-9/h2,5-8,12-14H,1,3-4H2/t5-,6-,7-,8?/m1/s1. The zero-order valence-corrected chi connectivity index (χ0v) is 8.56. The van der Waals surface area contributed by atoms with Gasteiger partial charge in [0.1, 0.15) is 18.3 Å². The van der Waals surface area contributed by atoms with Crippen LogP contribution in [-0.4, -0.2) is 65.3 Å². The Labute approximate surface area is 92.0 Å². The average molecular weight is 230 g/mol. The van der Waals surface area contributed by atoms with Crippen LogP contribution in [0.2, 0.25) is 0 Å². The molecule has 2 aliphatic heterocycles. The molecule has 0 aliphatic carbocycles. The smallest absolute Gasteiger partial charge is 0.313 e. The minimum Gasteiger partial charge on any atom is -0.431 e. The van der Waals surface area contributed by atoms with Crippen LogP contribution in [0.4, 0.5) is 0 Å². The molecule has 0 radical (unpaired) electrons. The Morgan fingerprint density at radius 3 is 2.81 bits per heavy atom. The van der Waals surface area contributed by atoms with Crippen molar-refractivity contribution in [1.29, 1.82) is 0 Å². The summed E-state index contributed by atoms with van der Waals surface area (Å²) in [5.41, 5.74) is 0. The van der Waals surface area contributed by atoms with Crippen LogP contribution in [-0.2, 0) is 9.47 Å². The Morgan fingerprint density at radius 1 is 1.44 bits per heavy atom. The third-order valence-electron chi connectivity index (χ3n) is 2.43. The molecule has 0 aromatic rings. The molecule has 0 bridgehead atoms. The van der Waals surface area contributed by atoms with Gasteiger partial charge in [0.15, 0.2) is 0 Å². The summed E-state index contributed by atoms with van der Waals surface area (Å²) in [5.74, 6) is 0. The monoisotopic (exact) mass is 230 g/mol. The van der Waals surface area contributed by atoms with Crippen molar-refractivity contribution in [2.45, 2.75) is 31.0 Å². The molecule has 2 heterocycles. The highest BCUT2D eigenvalue weighted by Gasteiger charge is 2.44. The lowest BCUT2D eigenvalue weighted by atomic mass is 10.1. The normalized spacial score (nSPS) is 38.6. The molecule has 3 N–H and O–H groups in total. The third kappa shape index (κ3) is 2.22. The maximum absolute atomic E-state index is 9.57. The molecular formula is C9H14N2O5.